The maximum Gasteiger partial charge on any atom is 0.222 e. The Morgan fingerprint density at radius 2 is 2.18 bits per heavy atom. The summed E-state index contributed by atoms with van der Waals surface area (Å²) in [5.41, 5.74) is 0.996. The number of H-pyrrole nitrogens is 1. The van der Waals surface area contributed by atoms with E-state index in [4.69, 9.17) is 0 Å². The van der Waals surface area contributed by atoms with E-state index in [2.05, 4.69) is 27.3 Å². The molecular formula is C12H20N4O. The molecular weight excluding hydrogens is 216 g/mol. The quantitative estimate of drug-likeness (QED) is 0.842. The van der Waals surface area contributed by atoms with Crippen LogP contribution in [0.1, 0.15) is 44.8 Å². The second-order valence-corrected chi connectivity index (χ2v) is 4.66. The summed E-state index contributed by atoms with van der Waals surface area (Å²) in [7, 11) is 0. The Balaban J connectivity index is 2.00. The number of likely N-dealkylation sites (tertiary alicyclic amines) is 1. The molecule has 17 heavy (non-hydrogen) atoms. The Labute approximate surface area is 102 Å². The summed E-state index contributed by atoms with van der Waals surface area (Å²) in [6.45, 7) is 5.95. The van der Waals surface area contributed by atoms with Crippen molar-refractivity contribution in [3.63, 3.8) is 0 Å². The van der Waals surface area contributed by atoms with Crippen molar-refractivity contribution in [2.24, 2.45) is 0 Å². The predicted molar refractivity (Wildman–Crippen MR) is 66.7 cm³/mol. The van der Waals surface area contributed by atoms with Crippen LogP contribution in [-0.2, 0) is 4.79 Å². The van der Waals surface area contributed by atoms with Gasteiger partial charge in [-0.25, -0.2) is 0 Å². The van der Waals surface area contributed by atoms with Crippen LogP contribution in [0.3, 0.4) is 0 Å². The number of rotatable bonds is 3. The second kappa shape index (κ2) is 5.31. The van der Waals surface area contributed by atoms with Gasteiger partial charge in [0.25, 0.3) is 0 Å². The zero-order valence-electron chi connectivity index (χ0n) is 10.5. The van der Waals surface area contributed by atoms with Gasteiger partial charge in [-0.3, -0.25) is 14.8 Å². The van der Waals surface area contributed by atoms with Crippen LogP contribution in [-0.4, -0.2) is 34.1 Å². The molecule has 5 heteroatoms. The number of hydrogen-bond donors (Lipinski definition) is 2. The number of piperidine rings is 1. The fourth-order valence-electron chi connectivity index (χ4n) is 2.30. The standard InChI is InChI=1S/C12H20N4O/c1-9(16-6-4-3-5-7-16)11-8-12(15-14-11)13-10(2)17/h8-9H,3-7H2,1-2H3,(H2,13,14,15,17). The minimum absolute atomic E-state index is 0.0779. The van der Waals surface area contributed by atoms with Crippen molar-refractivity contribution >= 4 is 11.7 Å². The lowest BCUT2D eigenvalue weighted by Gasteiger charge is -2.31. The molecule has 2 rings (SSSR count). The van der Waals surface area contributed by atoms with Gasteiger partial charge in [-0.1, -0.05) is 6.42 Å². The summed E-state index contributed by atoms with van der Waals surface area (Å²) in [4.78, 5) is 13.4. The first-order valence-corrected chi connectivity index (χ1v) is 6.24. The normalized spacial score (nSPS) is 18.9. The van der Waals surface area contributed by atoms with Gasteiger partial charge in [0.05, 0.1) is 11.7 Å². The second-order valence-electron chi connectivity index (χ2n) is 4.66. The van der Waals surface area contributed by atoms with Gasteiger partial charge in [0.15, 0.2) is 0 Å². The first-order valence-electron chi connectivity index (χ1n) is 6.24. The Morgan fingerprint density at radius 3 is 2.82 bits per heavy atom. The summed E-state index contributed by atoms with van der Waals surface area (Å²) >= 11 is 0. The highest BCUT2D eigenvalue weighted by Crippen LogP contribution is 2.23. The topological polar surface area (TPSA) is 61.0 Å². The lowest BCUT2D eigenvalue weighted by Crippen LogP contribution is -2.32. The number of amides is 1. The molecule has 1 unspecified atom stereocenters. The van der Waals surface area contributed by atoms with E-state index < -0.39 is 0 Å². The molecule has 2 heterocycles. The summed E-state index contributed by atoms with van der Waals surface area (Å²) in [5.74, 6) is 0.599. The van der Waals surface area contributed by atoms with Crippen LogP contribution >= 0.6 is 0 Å². The Kier molecular flexibility index (Phi) is 3.78. The molecule has 1 fully saturated rings. The van der Waals surface area contributed by atoms with Crippen molar-refractivity contribution in [2.75, 3.05) is 18.4 Å². The average Bonchev–Trinajstić information content (AvgIpc) is 2.77. The third-order valence-electron chi connectivity index (χ3n) is 3.27. The molecule has 0 spiro atoms. The van der Waals surface area contributed by atoms with Gasteiger partial charge >= 0.3 is 0 Å². The number of carbonyl (C=O) groups is 1. The summed E-state index contributed by atoms with van der Waals surface area (Å²) in [6.07, 6.45) is 3.88. The van der Waals surface area contributed by atoms with E-state index in [0.29, 0.717) is 11.9 Å². The van der Waals surface area contributed by atoms with Crippen molar-refractivity contribution in [1.29, 1.82) is 0 Å². The lowest BCUT2D eigenvalue weighted by atomic mass is 10.1. The van der Waals surface area contributed by atoms with Crippen LogP contribution in [0.5, 0.6) is 0 Å². The smallest absolute Gasteiger partial charge is 0.222 e. The minimum Gasteiger partial charge on any atom is -0.311 e. The number of aromatic amines is 1. The highest BCUT2D eigenvalue weighted by molar-refractivity contribution is 5.87. The molecule has 1 saturated heterocycles. The van der Waals surface area contributed by atoms with E-state index in [1.165, 1.54) is 26.2 Å². The van der Waals surface area contributed by atoms with Gasteiger partial charge in [0, 0.05) is 13.0 Å². The van der Waals surface area contributed by atoms with Gasteiger partial charge < -0.3 is 5.32 Å². The molecule has 0 radical (unpaired) electrons. The third kappa shape index (κ3) is 3.06. The van der Waals surface area contributed by atoms with Crippen LogP contribution < -0.4 is 5.32 Å². The number of nitrogens with one attached hydrogen (secondary N) is 2. The van der Waals surface area contributed by atoms with Crippen LogP contribution in [0.15, 0.2) is 6.07 Å². The monoisotopic (exact) mass is 236 g/mol. The molecule has 0 bridgehead atoms. The van der Waals surface area contributed by atoms with Gasteiger partial charge in [0.1, 0.15) is 5.82 Å². The molecule has 1 amide bonds. The Bertz CT molecular complexity index is 382. The van der Waals surface area contributed by atoms with Gasteiger partial charge in [-0.15, -0.1) is 0 Å². The number of nitrogens with zero attached hydrogens (tertiary/aromatic N) is 2. The molecule has 0 aliphatic carbocycles. The van der Waals surface area contributed by atoms with Crippen LogP contribution in [0.4, 0.5) is 5.82 Å². The number of carbonyl (C=O) groups excluding carboxylic acids is 1. The maximum absolute atomic E-state index is 10.9. The van der Waals surface area contributed by atoms with Crippen molar-refractivity contribution < 1.29 is 4.79 Å². The van der Waals surface area contributed by atoms with Gasteiger partial charge in [0.2, 0.25) is 5.91 Å². The zero-order chi connectivity index (χ0) is 12.3. The maximum atomic E-state index is 10.9. The molecule has 1 aromatic rings. The van der Waals surface area contributed by atoms with Crippen LogP contribution in [0.2, 0.25) is 0 Å². The third-order valence-corrected chi connectivity index (χ3v) is 3.27. The average molecular weight is 236 g/mol. The van der Waals surface area contributed by atoms with E-state index >= 15 is 0 Å². The Hall–Kier alpha value is -1.36. The lowest BCUT2D eigenvalue weighted by molar-refractivity contribution is -0.114. The molecule has 2 N–H and O–H groups in total. The molecule has 1 aromatic heterocycles. The van der Waals surface area contributed by atoms with Crippen molar-refractivity contribution in [1.82, 2.24) is 15.1 Å². The molecule has 1 atom stereocenters. The number of anilines is 1. The van der Waals surface area contributed by atoms with E-state index in [1.54, 1.807) is 0 Å². The summed E-state index contributed by atoms with van der Waals surface area (Å²) < 4.78 is 0. The van der Waals surface area contributed by atoms with Crippen LogP contribution in [0, 0.1) is 0 Å². The molecule has 0 saturated carbocycles. The molecule has 94 valence electrons. The molecule has 5 nitrogen and oxygen atoms in total. The first-order chi connectivity index (χ1) is 8.16. The largest absolute Gasteiger partial charge is 0.311 e. The van der Waals surface area contributed by atoms with Gasteiger partial charge in [-0.2, -0.15) is 5.10 Å². The number of hydrogen-bond acceptors (Lipinski definition) is 3. The molecule has 1 aliphatic heterocycles. The van der Waals surface area contributed by atoms with Crippen LogP contribution in [0.25, 0.3) is 0 Å². The van der Waals surface area contributed by atoms with Crippen molar-refractivity contribution in [3.05, 3.63) is 11.8 Å². The molecule has 0 aromatic carbocycles. The Morgan fingerprint density at radius 1 is 1.47 bits per heavy atom. The van der Waals surface area contributed by atoms with E-state index in [1.807, 2.05) is 6.07 Å². The van der Waals surface area contributed by atoms with E-state index in [0.717, 1.165) is 18.8 Å². The summed E-state index contributed by atoms with van der Waals surface area (Å²) in [5, 5.41) is 9.82. The van der Waals surface area contributed by atoms with Gasteiger partial charge in [-0.05, 0) is 32.9 Å². The SMILES string of the molecule is CC(=O)Nc1cc(C(C)N2CCCCC2)n[nH]1. The fourth-order valence-corrected chi connectivity index (χ4v) is 2.30. The predicted octanol–water partition coefficient (Wildman–Crippen LogP) is 1.91. The van der Waals surface area contributed by atoms with Crippen molar-refractivity contribution in [3.8, 4) is 0 Å². The fraction of sp³-hybridized carbons (Fsp3) is 0.667. The molecule has 1 aliphatic rings. The summed E-state index contributed by atoms with van der Waals surface area (Å²) in [6, 6.07) is 2.23. The zero-order valence-corrected chi connectivity index (χ0v) is 10.5. The minimum atomic E-state index is -0.0779. The van der Waals surface area contributed by atoms with Crippen molar-refractivity contribution in [2.45, 2.75) is 39.2 Å². The van der Waals surface area contributed by atoms with E-state index in [-0.39, 0.29) is 5.91 Å². The first kappa shape index (κ1) is 12.1. The highest BCUT2D eigenvalue weighted by atomic mass is 16.1. The number of aromatic nitrogens is 2. The highest BCUT2D eigenvalue weighted by Gasteiger charge is 2.20. The van der Waals surface area contributed by atoms with E-state index in [9.17, 15) is 4.79 Å².